The topological polar surface area (TPSA) is 169 Å². The lowest BCUT2D eigenvalue weighted by atomic mass is 9.95. The summed E-state index contributed by atoms with van der Waals surface area (Å²) in [5.74, 6) is -3.60. The minimum atomic E-state index is -3.59. The molecule has 0 bridgehead atoms. The number of nitrogens with one attached hydrogen (secondary N) is 1. The van der Waals surface area contributed by atoms with Gasteiger partial charge in [-0.3, -0.25) is 9.36 Å². The first kappa shape index (κ1) is 21.4. The average Bonchev–Trinajstić information content (AvgIpc) is 2.60. The molecule has 1 aromatic carbocycles. The summed E-state index contributed by atoms with van der Waals surface area (Å²) in [5, 5.41) is 19.0. The van der Waals surface area contributed by atoms with Crippen LogP contribution in [0.25, 0.3) is 11.1 Å². The molecule has 28 heavy (non-hydrogen) atoms. The molecule has 0 amide bonds. The van der Waals surface area contributed by atoms with Gasteiger partial charge in [-0.05, 0) is 31.5 Å². The van der Waals surface area contributed by atoms with Gasteiger partial charge < -0.3 is 30.0 Å². The van der Waals surface area contributed by atoms with Crippen LogP contribution < -0.4 is 16.6 Å². The minimum Gasteiger partial charge on any atom is -0.478 e. The Kier molecular flexibility index (Phi) is 6.40. The minimum absolute atomic E-state index is 0.0934. The predicted octanol–water partition coefficient (Wildman–Crippen LogP) is 1.91. The van der Waals surface area contributed by atoms with Crippen molar-refractivity contribution in [1.29, 1.82) is 0 Å². The van der Waals surface area contributed by atoms with Crippen LogP contribution in [0.5, 0.6) is 0 Å². The van der Waals surface area contributed by atoms with Crippen LogP contribution in [0.3, 0.4) is 0 Å². The highest BCUT2D eigenvalue weighted by molar-refractivity contribution is 7.62. The van der Waals surface area contributed by atoms with E-state index in [2.05, 4.69) is 0 Å². The second-order valence-electron chi connectivity index (χ2n) is 5.48. The van der Waals surface area contributed by atoms with Crippen molar-refractivity contribution in [3.63, 3.8) is 0 Å². The Morgan fingerprint density at radius 2 is 1.54 bits per heavy atom. The van der Waals surface area contributed by atoms with Gasteiger partial charge in [0, 0.05) is 5.56 Å². The van der Waals surface area contributed by atoms with Crippen molar-refractivity contribution in [3.8, 4) is 11.1 Å². The van der Waals surface area contributed by atoms with E-state index in [1.807, 2.05) is 4.98 Å². The van der Waals surface area contributed by atoms with E-state index >= 15 is 0 Å². The normalized spacial score (nSPS) is 11.4. The second kappa shape index (κ2) is 8.39. The molecule has 2 rings (SSSR count). The monoisotopic (exact) mass is 410 g/mol. The Morgan fingerprint density at radius 1 is 1.04 bits per heavy atom. The van der Waals surface area contributed by atoms with E-state index in [1.54, 1.807) is 13.8 Å². The molecule has 5 N–H and O–H groups in total. The SMILES string of the molecule is CCOP(=O)(OCC)c1ccc(-c2c(C(=O)O)c(N)[nH]c(=O)c2C(=O)O)cc1. The zero-order chi connectivity index (χ0) is 21.1. The van der Waals surface area contributed by atoms with Gasteiger partial charge in [0.2, 0.25) is 0 Å². The number of anilines is 1. The number of hydrogen-bond acceptors (Lipinski definition) is 7. The van der Waals surface area contributed by atoms with E-state index in [-0.39, 0.29) is 29.6 Å². The largest absolute Gasteiger partial charge is 0.478 e. The van der Waals surface area contributed by atoms with Crippen molar-refractivity contribution >= 4 is 30.7 Å². The van der Waals surface area contributed by atoms with Gasteiger partial charge in [0.05, 0.1) is 18.5 Å². The molecule has 10 nitrogen and oxygen atoms in total. The van der Waals surface area contributed by atoms with Crippen LogP contribution in [-0.2, 0) is 13.6 Å². The summed E-state index contributed by atoms with van der Waals surface area (Å²) in [7, 11) is -3.59. The predicted molar refractivity (Wildman–Crippen MR) is 101 cm³/mol. The lowest BCUT2D eigenvalue weighted by molar-refractivity contribution is 0.0695. The van der Waals surface area contributed by atoms with Crippen molar-refractivity contribution in [1.82, 2.24) is 4.98 Å². The lowest BCUT2D eigenvalue weighted by Crippen LogP contribution is -2.24. The number of pyridine rings is 1. The number of benzene rings is 1. The number of aromatic nitrogens is 1. The number of carboxylic acid groups (broad SMARTS) is 2. The zero-order valence-electron chi connectivity index (χ0n) is 15.1. The molecule has 0 unspecified atom stereocenters. The summed E-state index contributed by atoms with van der Waals surface area (Å²) < 4.78 is 23.3. The van der Waals surface area contributed by atoms with Gasteiger partial charge in [0.15, 0.2) is 0 Å². The lowest BCUT2D eigenvalue weighted by Gasteiger charge is -2.18. The molecule has 0 atom stereocenters. The highest BCUT2D eigenvalue weighted by Gasteiger charge is 2.29. The number of nitrogens with two attached hydrogens (primary N) is 1. The fourth-order valence-electron chi connectivity index (χ4n) is 2.67. The molecule has 0 fully saturated rings. The number of rotatable bonds is 8. The molecule has 0 aliphatic heterocycles. The number of nitrogen functional groups attached to an aromatic ring is 1. The Bertz CT molecular complexity index is 1000. The summed E-state index contributed by atoms with van der Waals surface area (Å²) in [6.45, 7) is 3.57. The molecule has 0 saturated heterocycles. The third-order valence-corrected chi connectivity index (χ3v) is 5.87. The first-order valence-electron chi connectivity index (χ1n) is 8.18. The molecule has 0 radical (unpaired) electrons. The maximum absolute atomic E-state index is 12.8. The van der Waals surface area contributed by atoms with Gasteiger partial charge in [-0.1, -0.05) is 12.1 Å². The first-order chi connectivity index (χ1) is 13.2. The van der Waals surface area contributed by atoms with E-state index in [4.69, 9.17) is 14.8 Å². The maximum Gasteiger partial charge on any atom is 0.361 e. The molecule has 11 heteroatoms. The number of H-pyrrole nitrogens is 1. The van der Waals surface area contributed by atoms with Crippen LogP contribution in [0.15, 0.2) is 29.1 Å². The van der Waals surface area contributed by atoms with Gasteiger partial charge in [-0.15, -0.1) is 0 Å². The molecule has 0 aliphatic rings. The van der Waals surface area contributed by atoms with Crippen molar-refractivity contribution in [2.45, 2.75) is 13.8 Å². The summed E-state index contributed by atoms with van der Waals surface area (Å²) in [5.41, 5.74) is 2.98. The molecule has 0 spiro atoms. The number of carbonyl (C=O) groups is 2. The molecule has 1 aromatic heterocycles. The molecule has 1 heterocycles. The third kappa shape index (κ3) is 3.99. The molecular weight excluding hydrogens is 391 g/mol. The van der Waals surface area contributed by atoms with Crippen molar-refractivity contribution in [2.24, 2.45) is 0 Å². The summed E-state index contributed by atoms with van der Waals surface area (Å²) in [6.07, 6.45) is 0. The van der Waals surface area contributed by atoms with Crippen molar-refractivity contribution in [3.05, 3.63) is 45.7 Å². The van der Waals surface area contributed by atoms with Crippen LogP contribution in [0.1, 0.15) is 34.6 Å². The average molecular weight is 410 g/mol. The number of aromatic amines is 1. The molecule has 2 aromatic rings. The molecule has 0 saturated carbocycles. The van der Waals surface area contributed by atoms with Crippen LogP contribution in [0.2, 0.25) is 0 Å². The van der Waals surface area contributed by atoms with Crippen molar-refractivity contribution in [2.75, 3.05) is 18.9 Å². The van der Waals surface area contributed by atoms with Crippen molar-refractivity contribution < 1.29 is 33.4 Å². The Labute approximate surface area is 159 Å². The van der Waals surface area contributed by atoms with E-state index in [1.165, 1.54) is 24.3 Å². The standard InChI is InChI=1S/C17H19N2O8P/c1-3-26-28(25,27-4-2)10-7-5-9(6-8-10)11-12(16(21)22)14(18)19-15(20)13(11)17(23)24/h5-8H,3-4H2,1-2H3,(H,21,22)(H,23,24)(H3,18,19,20). The van der Waals surface area contributed by atoms with Gasteiger partial charge in [-0.25, -0.2) is 9.59 Å². The Hall–Kier alpha value is -2.94. The van der Waals surface area contributed by atoms with Crippen LogP contribution >= 0.6 is 7.60 Å². The quantitative estimate of drug-likeness (QED) is 0.475. The fraction of sp³-hybridized carbons (Fsp3) is 0.235. The molecular formula is C17H19N2O8P. The van der Waals surface area contributed by atoms with Gasteiger partial charge in [0.1, 0.15) is 16.9 Å². The van der Waals surface area contributed by atoms with Gasteiger partial charge in [-0.2, -0.15) is 0 Å². The van der Waals surface area contributed by atoms with Crippen LogP contribution in [0, 0.1) is 0 Å². The highest BCUT2D eigenvalue weighted by Crippen LogP contribution is 2.47. The second-order valence-corrected chi connectivity index (χ2v) is 7.51. The Balaban J connectivity index is 2.72. The fourth-order valence-corrected chi connectivity index (χ4v) is 4.24. The zero-order valence-corrected chi connectivity index (χ0v) is 16.0. The summed E-state index contributed by atoms with van der Waals surface area (Å²) >= 11 is 0. The van der Waals surface area contributed by atoms with Crippen LogP contribution in [0.4, 0.5) is 5.82 Å². The summed E-state index contributed by atoms with van der Waals surface area (Å²) in [4.78, 5) is 37.3. The van der Waals surface area contributed by atoms with E-state index in [0.29, 0.717) is 0 Å². The highest BCUT2D eigenvalue weighted by atomic mass is 31.2. The van der Waals surface area contributed by atoms with Gasteiger partial charge in [0.25, 0.3) is 5.56 Å². The molecule has 150 valence electrons. The van der Waals surface area contributed by atoms with Gasteiger partial charge >= 0.3 is 19.5 Å². The number of carboxylic acids is 2. The molecule has 0 aliphatic carbocycles. The maximum atomic E-state index is 12.8. The van der Waals surface area contributed by atoms with E-state index in [9.17, 15) is 29.2 Å². The number of hydrogen-bond donors (Lipinski definition) is 4. The van der Waals surface area contributed by atoms with E-state index in [0.717, 1.165) is 0 Å². The first-order valence-corrected chi connectivity index (χ1v) is 9.73. The van der Waals surface area contributed by atoms with E-state index < -0.39 is 42.0 Å². The smallest absolute Gasteiger partial charge is 0.361 e. The third-order valence-electron chi connectivity index (χ3n) is 3.74. The summed E-state index contributed by atoms with van der Waals surface area (Å²) in [6, 6.07) is 5.37. The number of aromatic carboxylic acids is 2. The Morgan fingerprint density at radius 3 is 1.96 bits per heavy atom. The van der Waals surface area contributed by atoms with Crippen LogP contribution in [-0.4, -0.2) is 40.3 Å².